The lowest BCUT2D eigenvalue weighted by Gasteiger charge is -2.28. The molecule has 1 atom stereocenters. The van der Waals surface area contributed by atoms with Gasteiger partial charge in [0.25, 0.3) is 0 Å². The zero-order chi connectivity index (χ0) is 17.7. The van der Waals surface area contributed by atoms with Crippen LogP contribution >= 0.6 is 35.7 Å². The van der Waals surface area contributed by atoms with Crippen LogP contribution in [0.4, 0.5) is 5.69 Å². The van der Waals surface area contributed by atoms with Crippen molar-refractivity contribution in [2.45, 2.75) is 19.0 Å². The van der Waals surface area contributed by atoms with Gasteiger partial charge in [-0.2, -0.15) is 11.8 Å². The normalized spacial score (nSPS) is 22.6. The van der Waals surface area contributed by atoms with E-state index in [2.05, 4.69) is 44.8 Å². The average Bonchev–Trinajstić information content (AvgIpc) is 2.98. The van der Waals surface area contributed by atoms with E-state index in [0.29, 0.717) is 18.9 Å². The highest BCUT2D eigenvalue weighted by molar-refractivity contribution is 14.0. The number of benzene rings is 1. The maximum atomic E-state index is 11.5. The summed E-state index contributed by atoms with van der Waals surface area (Å²) in [6, 6.07) is 8.57. The first-order valence-corrected chi connectivity index (χ1v) is 11.6. The van der Waals surface area contributed by atoms with Crippen molar-refractivity contribution < 1.29 is 8.42 Å². The summed E-state index contributed by atoms with van der Waals surface area (Å²) in [5, 5.41) is 6.47. The van der Waals surface area contributed by atoms with Gasteiger partial charge in [0, 0.05) is 49.9 Å². The molecule has 2 aliphatic heterocycles. The largest absolute Gasteiger partial charge is 0.370 e. The molecule has 0 radical (unpaired) electrons. The van der Waals surface area contributed by atoms with Gasteiger partial charge in [0.2, 0.25) is 0 Å². The van der Waals surface area contributed by atoms with Crippen LogP contribution in [0.15, 0.2) is 29.3 Å². The Bertz CT molecular complexity index is 704. The molecule has 0 bridgehead atoms. The van der Waals surface area contributed by atoms with Crippen molar-refractivity contribution in [3.05, 3.63) is 29.8 Å². The lowest BCUT2D eigenvalue weighted by molar-refractivity contribution is 0.599. The second-order valence-corrected chi connectivity index (χ2v) is 9.89. The Labute approximate surface area is 177 Å². The molecule has 0 spiro atoms. The quantitative estimate of drug-likeness (QED) is 0.365. The van der Waals surface area contributed by atoms with E-state index in [0.717, 1.165) is 13.1 Å². The number of aliphatic imine (C=N–C) groups is 1. The minimum absolute atomic E-state index is 0. The molecule has 1 aromatic rings. The first-order valence-electron chi connectivity index (χ1n) is 8.65. The third-order valence-corrected chi connectivity index (χ3v) is 7.28. The number of guanidine groups is 1. The number of anilines is 1. The average molecular weight is 510 g/mol. The fraction of sp³-hybridized carbons (Fsp3) is 0.588. The Morgan fingerprint density at radius 2 is 1.96 bits per heavy atom. The summed E-state index contributed by atoms with van der Waals surface area (Å²) >= 11 is 2.01. The smallest absolute Gasteiger partial charge is 0.191 e. The van der Waals surface area contributed by atoms with Crippen molar-refractivity contribution in [1.29, 1.82) is 0 Å². The van der Waals surface area contributed by atoms with Gasteiger partial charge in [-0.1, -0.05) is 12.1 Å². The Morgan fingerprint density at radius 1 is 1.27 bits per heavy atom. The van der Waals surface area contributed by atoms with Crippen LogP contribution in [0.1, 0.15) is 12.0 Å². The topological polar surface area (TPSA) is 73.8 Å². The van der Waals surface area contributed by atoms with E-state index in [9.17, 15) is 8.42 Å². The van der Waals surface area contributed by atoms with Crippen LogP contribution in [0.2, 0.25) is 0 Å². The van der Waals surface area contributed by atoms with Crippen LogP contribution in [0.25, 0.3) is 0 Å². The molecule has 0 aliphatic carbocycles. The van der Waals surface area contributed by atoms with E-state index >= 15 is 0 Å². The summed E-state index contributed by atoms with van der Waals surface area (Å²) in [7, 11) is -1.18. The molecule has 1 aromatic carbocycles. The number of halogens is 1. The van der Waals surface area contributed by atoms with Crippen molar-refractivity contribution >= 4 is 57.2 Å². The Kier molecular flexibility index (Phi) is 8.34. The van der Waals surface area contributed by atoms with Gasteiger partial charge >= 0.3 is 0 Å². The highest BCUT2D eigenvalue weighted by Crippen LogP contribution is 2.19. The van der Waals surface area contributed by atoms with Gasteiger partial charge in [-0.05, 0) is 24.1 Å². The number of thioether (sulfide) groups is 1. The number of hydrogen-bond acceptors (Lipinski definition) is 5. The summed E-state index contributed by atoms with van der Waals surface area (Å²) in [6.07, 6.45) is 0.645. The van der Waals surface area contributed by atoms with E-state index in [1.807, 2.05) is 11.8 Å². The van der Waals surface area contributed by atoms with Gasteiger partial charge in [0.1, 0.15) is 0 Å². The number of rotatable bonds is 4. The fourth-order valence-electron chi connectivity index (χ4n) is 3.13. The van der Waals surface area contributed by atoms with Crippen LogP contribution in [0, 0.1) is 0 Å². The van der Waals surface area contributed by atoms with Crippen molar-refractivity contribution in [2.75, 3.05) is 48.0 Å². The second kappa shape index (κ2) is 10.0. The molecule has 0 saturated carbocycles. The maximum absolute atomic E-state index is 11.5. The monoisotopic (exact) mass is 510 g/mol. The molecular weight excluding hydrogens is 483 g/mol. The molecule has 146 valence electrons. The summed E-state index contributed by atoms with van der Waals surface area (Å²) in [4.78, 5) is 6.62. The Hall–Kier alpha value is -0.680. The van der Waals surface area contributed by atoms with Crippen molar-refractivity contribution in [1.82, 2.24) is 10.6 Å². The minimum Gasteiger partial charge on any atom is -0.370 e. The second-order valence-electron chi connectivity index (χ2n) is 6.44. The first kappa shape index (κ1) is 21.6. The van der Waals surface area contributed by atoms with Gasteiger partial charge in [-0.25, -0.2) is 8.42 Å². The van der Waals surface area contributed by atoms with Gasteiger partial charge in [0.05, 0.1) is 11.5 Å². The molecular formula is C17H27IN4O2S2. The highest BCUT2D eigenvalue weighted by atomic mass is 127. The van der Waals surface area contributed by atoms with Gasteiger partial charge in [-0.3, -0.25) is 4.99 Å². The molecule has 3 rings (SSSR count). The zero-order valence-electron chi connectivity index (χ0n) is 15.0. The minimum atomic E-state index is -2.88. The Balaban J connectivity index is 0.00000243. The van der Waals surface area contributed by atoms with Crippen LogP contribution in [0.5, 0.6) is 0 Å². The predicted molar refractivity (Wildman–Crippen MR) is 122 cm³/mol. The molecule has 2 N–H and O–H groups in total. The summed E-state index contributed by atoms with van der Waals surface area (Å²) in [5.41, 5.74) is 2.46. The van der Waals surface area contributed by atoms with Gasteiger partial charge < -0.3 is 15.5 Å². The lowest BCUT2D eigenvalue weighted by atomic mass is 10.2. The molecule has 9 heteroatoms. The van der Waals surface area contributed by atoms with Gasteiger partial charge in [-0.15, -0.1) is 24.0 Å². The van der Waals surface area contributed by atoms with E-state index in [-0.39, 0.29) is 41.5 Å². The first-order chi connectivity index (χ1) is 12.1. The molecule has 1 unspecified atom stereocenters. The molecule has 2 heterocycles. The maximum Gasteiger partial charge on any atom is 0.191 e. The van der Waals surface area contributed by atoms with Crippen LogP contribution in [-0.2, 0) is 16.4 Å². The number of nitrogens with zero attached hydrogens (tertiary/aromatic N) is 2. The van der Waals surface area contributed by atoms with Crippen LogP contribution in [-0.4, -0.2) is 63.6 Å². The summed E-state index contributed by atoms with van der Waals surface area (Å²) < 4.78 is 23.1. The molecule has 6 nitrogen and oxygen atoms in total. The molecule has 0 aromatic heterocycles. The number of nitrogens with one attached hydrogen (secondary N) is 2. The molecule has 26 heavy (non-hydrogen) atoms. The lowest BCUT2D eigenvalue weighted by Crippen LogP contribution is -2.43. The van der Waals surface area contributed by atoms with E-state index in [1.54, 1.807) is 7.05 Å². The Morgan fingerprint density at radius 3 is 2.54 bits per heavy atom. The fourth-order valence-corrected chi connectivity index (χ4v) is 5.71. The highest BCUT2D eigenvalue weighted by Gasteiger charge is 2.28. The third-order valence-electron chi connectivity index (χ3n) is 4.57. The zero-order valence-corrected chi connectivity index (χ0v) is 18.9. The van der Waals surface area contributed by atoms with E-state index < -0.39 is 9.84 Å². The van der Waals surface area contributed by atoms with Crippen molar-refractivity contribution in [3.63, 3.8) is 0 Å². The molecule has 2 saturated heterocycles. The molecule has 2 aliphatic rings. The summed E-state index contributed by atoms with van der Waals surface area (Å²) in [5.74, 6) is 3.50. The summed E-state index contributed by atoms with van der Waals surface area (Å²) in [6.45, 7) is 2.89. The van der Waals surface area contributed by atoms with E-state index in [1.165, 1.54) is 22.8 Å². The van der Waals surface area contributed by atoms with Crippen molar-refractivity contribution in [3.8, 4) is 0 Å². The van der Waals surface area contributed by atoms with Gasteiger partial charge in [0.15, 0.2) is 15.8 Å². The van der Waals surface area contributed by atoms with Crippen LogP contribution in [0.3, 0.4) is 0 Å². The van der Waals surface area contributed by atoms with Crippen LogP contribution < -0.4 is 15.5 Å². The van der Waals surface area contributed by atoms with E-state index in [4.69, 9.17) is 0 Å². The standard InChI is InChI=1S/C17H26N4O2S2.HI/c1-18-17(20-15-6-11-25(22,23)13-15)19-12-14-2-4-16(5-3-14)21-7-9-24-10-8-21;/h2-5,15H,6-13H2,1H3,(H2,18,19,20);1H. The SMILES string of the molecule is CN=C(NCc1ccc(N2CCSCC2)cc1)NC1CCS(=O)(=O)C1.I. The predicted octanol–water partition coefficient (Wildman–Crippen LogP) is 1.71. The number of hydrogen-bond donors (Lipinski definition) is 2. The molecule has 0 amide bonds. The van der Waals surface area contributed by atoms with Crippen molar-refractivity contribution in [2.24, 2.45) is 4.99 Å². The molecule has 2 fully saturated rings. The third kappa shape index (κ3) is 6.19. The number of sulfone groups is 1.